The molecule has 0 aliphatic carbocycles. The highest BCUT2D eigenvalue weighted by Gasteiger charge is 2.37. The van der Waals surface area contributed by atoms with Crippen LogP contribution in [0.1, 0.15) is 31.4 Å². The molecular weight excluding hydrogens is 208 g/mol. The first-order valence-electron chi connectivity index (χ1n) is 6.48. The molecule has 0 spiro atoms. The van der Waals surface area contributed by atoms with Crippen molar-refractivity contribution in [3.8, 4) is 0 Å². The first-order valence-corrected chi connectivity index (χ1v) is 6.48. The number of hydrogen-bond donors (Lipinski definition) is 1. The molecule has 17 heavy (non-hydrogen) atoms. The van der Waals surface area contributed by atoms with Crippen molar-refractivity contribution in [1.82, 2.24) is 0 Å². The summed E-state index contributed by atoms with van der Waals surface area (Å²) >= 11 is 0. The van der Waals surface area contributed by atoms with Crippen LogP contribution in [0.4, 0.5) is 5.69 Å². The number of benzene rings is 1. The van der Waals surface area contributed by atoms with Crippen molar-refractivity contribution in [1.29, 1.82) is 0 Å². The van der Waals surface area contributed by atoms with Crippen molar-refractivity contribution in [2.24, 2.45) is 11.7 Å². The van der Waals surface area contributed by atoms with Crippen LogP contribution in [0.15, 0.2) is 18.2 Å². The lowest BCUT2D eigenvalue weighted by Crippen LogP contribution is -2.38. The van der Waals surface area contributed by atoms with Crippen molar-refractivity contribution >= 4 is 5.69 Å². The molecule has 0 amide bonds. The molecule has 0 aromatic heterocycles. The second-order valence-electron chi connectivity index (χ2n) is 6.07. The summed E-state index contributed by atoms with van der Waals surface area (Å²) in [5.74, 6) is 0.630. The molecule has 1 unspecified atom stereocenters. The Kier molecular flexibility index (Phi) is 3.17. The number of nitrogens with zero attached hydrogens (tertiary/aromatic N) is 1. The minimum atomic E-state index is 0.226. The van der Waals surface area contributed by atoms with Crippen LogP contribution in [-0.4, -0.2) is 18.6 Å². The lowest BCUT2D eigenvalue weighted by Gasteiger charge is -2.34. The van der Waals surface area contributed by atoms with Gasteiger partial charge in [-0.2, -0.15) is 0 Å². The van der Waals surface area contributed by atoms with Crippen LogP contribution in [0.2, 0.25) is 0 Å². The van der Waals surface area contributed by atoms with Gasteiger partial charge < -0.3 is 10.6 Å². The van der Waals surface area contributed by atoms with E-state index < -0.39 is 0 Å². The van der Waals surface area contributed by atoms with Crippen LogP contribution in [-0.2, 0) is 0 Å². The Labute approximate surface area is 105 Å². The molecule has 1 aromatic carbocycles. The van der Waals surface area contributed by atoms with Gasteiger partial charge in [0, 0.05) is 17.8 Å². The van der Waals surface area contributed by atoms with Crippen molar-refractivity contribution in [3.63, 3.8) is 0 Å². The zero-order valence-electron chi connectivity index (χ0n) is 11.5. The van der Waals surface area contributed by atoms with E-state index in [0.29, 0.717) is 5.92 Å². The zero-order valence-corrected chi connectivity index (χ0v) is 11.5. The topological polar surface area (TPSA) is 29.3 Å². The molecule has 2 rings (SSSR count). The maximum atomic E-state index is 5.83. The van der Waals surface area contributed by atoms with Gasteiger partial charge in [0.15, 0.2) is 0 Å². The van der Waals surface area contributed by atoms with E-state index in [1.54, 1.807) is 0 Å². The summed E-state index contributed by atoms with van der Waals surface area (Å²) in [6, 6.07) is 6.80. The van der Waals surface area contributed by atoms with Crippen molar-refractivity contribution < 1.29 is 0 Å². The minimum Gasteiger partial charge on any atom is -0.366 e. The molecule has 1 saturated heterocycles. The van der Waals surface area contributed by atoms with Gasteiger partial charge in [0.1, 0.15) is 0 Å². The molecule has 2 N–H and O–H groups in total. The maximum absolute atomic E-state index is 5.83. The Morgan fingerprint density at radius 3 is 2.29 bits per heavy atom. The highest BCUT2D eigenvalue weighted by molar-refractivity contribution is 5.54. The predicted molar refractivity (Wildman–Crippen MR) is 74.5 cm³/mol. The summed E-state index contributed by atoms with van der Waals surface area (Å²) in [4.78, 5) is 2.52. The highest BCUT2D eigenvalue weighted by Crippen LogP contribution is 2.37. The Hall–Kier alpha value is -1.02. The van der Waals surface area contributed by atoms with Gasteiger partial charge in [-0.1, -0.05) is 6.07 Å². The SMILES string of the molecule is Cc1cc(C)cc(N2CC(CN)CC2(C)C)c1. The largest absolute Gasteiger partial charge is 0.366 e. The third-order valence-electron chi connectivity index (χ3n) is 3.81. The van der Waals surface area contributed by atoms with E-state index >= 15 is 0 Å². The fourth-order valence-corrected chi connectivity index (χ4v) is 3.11. The van der Waals surface area contributed by atoms with Crippen molar-refractivity contribution in [2.75, 3.05) is 18.0 Å². The smallest absolute Gasteiger partial charge is 0.0376 e. The van der Waals surface area contributed by atoms with Crippen molar-refractivity contribution in [3.05, 3.63) is 29.3 Å². The van der Waals surface area contributed by atoms with E-state index in [2.05, 4.69) is 50.8 Å². The lowest BCUT2D eigenvalue weighted by atomic mass is 9.96. The van der Waals surface area contributed by atoms with E-state index in [0.717, 1.165) is 13.1 Å². The van der Waals surface area contributed by atoms with Crippen LogP contribution >= 0.6 is 0 Å². The zero-order chi connectivity index (χ0) is 12.6. The molecule has 1 aromatic rings. The average Bonchev–Trinajstić information content (AvgIpc) is 2.52. The quantitative estimate of drug-likeness (QED) is 0.849. The standard InChI is InChI=1S/C15H24N2/c1-11-5-12(2)7-14(6-11)17-10-13(9-16)8-15(17,3)4/h5-7,13H,8-10,16H2,1-4H3. The van der Waals surface area contributed by atoms with Gasteiger partial charge >= 0.3 is 0 Å². The van der Waals surface area contributed by atoms with E-state index in [9.17, 15) is 0 Å². The maximum Gasteiger partial charge on any atom is 0.0376 e. The minimum absolute atomic E-state index is 0.226. The second-order valence-corrected chi connectivity index (χ2v) is 6.07. The van der Waals surface area contributed by atoms with Crippen LogP contribution < -0.4 is 10.6 Å². The Morgan fingerprint density at radius 1 is 1.24 bits per heavy atom. The molecule has 1 aliphatic heterocycles. The molecule has 94 valence electrons. The fraction of sp³-hybridized carbons (Fsp3) is 0.600. The summed E-state index contributed by atoms with van der Waals surface area (Å²) in [5, 5.41) is 0. The van der Waals surface area contributed by atoms with Gasteiger partial charge in [-0.05, 0) is 69.8 Å². The summed E-state index contributed by atoms with van der Waals surface area (Å²) in [5.41, 5.74) is 10.1. The Bertz CT molecular complexity index is 389. The Balaban J connectivity index is 2.33. The molecule has 1 heterocycles. The molecule has 2 heteroatoms. The van der Waals surface area contributed by atoms with Crippen molar-refractivity contribution in [2.45, 2.75) is 39.7 Å². The summed E-state index contributed by atoms with van der Waals surface area (Å²) in [6.45, 7) is 10.9. The first-order chi connectivity index (χ1) is 7.92. The molecule has 1 fully saturated rings. The van der Waals surface area contributed by atoms with Gasteiger partial charge in [-0.3, -0.25) is 0 Å². The van der Waals surface area contributed by atoms with Gasteiger partial charge in [-0.25, -0.2) is 0 Å². The predicted octanol–water partition coefficient (Wildman–Crippen LogP) is 2.87. The molecule has 1 atom stereocenters. The van der Waals surface area contributed by atoms with Crippen LogP contribution in [0.25, 0.3) is 0 Å². The monoisotopic (exact) mass is 232 g/mol. The number of aryl methyl sites for hydroxylation is 2. The van der Waals surface area contributed by atoms with Gasteiger partial charge in [0.05, 0.1) is 0 Å². The van der Waals surface area contributed by atoms with Crippen LogP contribution in [0, 0.1) is 19.8 Å². The molecule has 1 aliphatic rings. The van der Waals surface area contributed by atoms with E-state index in [1.165, 1.54) is 23.2 Å². The summed E-state index contributed by atoms with van der Waals surface area (Å²) in [6.07, 6.45) is 1.19. The molecular formula is C15H24N2. The first kappa shape index (κ1) is 12.4. The molecule has 2 nitrogen and oxygen atoms in total. The Morgan fingerprint density at radius 2 is 1.82 bits per heavy atom. The second kappa shape index (κ2) is 4.34. The summed E-state index contributed by atoms with van der Waals surface area (Å²) in [7, 11) is 0. The number of rotatable bonds is 2. The van der Waals surface area contributed by atoms with E-state index in [-0.39, 0.29) is 5.54 Å². The average molecular weight is 232 g/mol. The van der Waals surface area contributed by atoms with Gasteiger partial charge in [0.25, 0.3) is 0 Å². The lowest BCUT2D eigenvalue weighted by molar-refractivity contribution is 0.476. The molecule has 0 bridgehead atoms. The highest BCUT2D eigenvalue weighted by atomic mass is 15.2. The third kappa shape index (κ3) is 2.47. The van der Waals surface area contributed by atoms with Gasteiger partial charge in [-0.15, -0.1) is 0 Å². The normalized spacial score (nSPS) is 23.1. The van der Waals surface area contributed by atoms with Crippen LogP contribution in [0.3, 0.4) is 0 Å². The molecule has 0 radical (unpaired) electrons. The fourth-order valence-electron chi connectivity index (χ4n) is 3.11. The number of anilines is 1. The number of nitrogens with two attached hydrogens (primary N) is 1. The third-order valence-corrected chi connectivity index (χ3v) is 3.81. The summed E-state index contributed by atoms with van der Waals surface area (Å²) < 4.78 is 0. The van der Waals surface area contributed by atoms with Gasteiger partial charge in [0.2, 0.25) is 0 Å². The molecule has 0 saturated carbocycles. The van der Waals surface area contributed by atoms with E-state index in [1.807, 2.05) is 0 Å². The number of hydrogen-bond acceptors (Lipinski definition) is 2. The van der Waals surface area contributed by atoms with E-state index in [4.69, 9.17) is 5.73 Å². The van der Waals surface area contributed by atoms with Crippen LogP contribution in [0.5, 0.6) is 0 Å².